The first-order chi connectivity index (χ1) is 19.0. The van der Waals surface area contributed by atoms with Crippen LogP contribution in [0.1, 0.15) is 97.3 Å². The van der Waals surface area contributed by atoms with Gasteiger partial charge in [0.2, 0.25) is 0 Å². The van der Waals surface area contributed by atoms with E-state index in [4.69, 9.17) is 9.47 Å². The Balaban J connectivity index is 3.74. The zero-order chi connectivity index (χ0) is 28.8. The molecule has 0 aromatic heterocycles. The van der Waals surface area contributed by atoms with Gasteiger partial charge in [-0.25, -0.2) is 0 Å². The van der Waals surface area contributed by atoms with Crippen molar-refractivity contribution in [3.8, 4) is 0 Å². The predicted molar refractivity (Wildman–Crippen MR) is 160 cm³/mol. The summed E-state index contributed by atoms with van der Waals surface area (Å²) in [7, 11) is 0. The average Bonchev–Trinajstić information content (AvgIpc) is 2.92. The number of aliphatic hydroxyl groups is 2. The van der Waals surface area contributed by atoms with Crippen LogP contribution in [0.25, 0.3) is 0 Å². The van der Waals surface area contributed by atoms with Gasteiger partial charge in [0, 0.05) is 12.8 Å². The maximum atomic E-state index is 11.8. The molecule has 0 saturated carbocycles. The van der Waals surface area contributed by atoms with Crippen LogP contribution in [0.4, 0.5) is 0 Å². The van der Waals surface area contributed by atoms with E-state index in [1.165, 1.54) is 6.42 Å². The van der Waals surface area contributed by atoms with Gasteiger partial charge in [-0.3, -0.25) is 9.59 Å². The number of ether oxygens (including phenoxy) is 2. The minimum absolute atomic E-state index is 0.154. The molecular formula is C33H52O6. The molecule has 0 aliphatic rings. The number of rotatable bonds is 24. The number of hydrogen-bond donors (Lipinski definition) is 2. The Morgan fingerprint density at radius 3 is 1.90 bits per heavy atom. The van der Waals surface area contributed by atoms with Crippen LogP contribution in [-0.2, 0) is 19.1 Å². The summed E-state index contributed by atoms with van der Waals surface area (Å²) in [6, 6.07) is 0. The van der Waals surface area contributed by atoms with E-state index in [-0.39, 0.29) is 31.6 Å². The highest BCUT2D eigenvalue weighted by Crippen LogP contribution is 2.06. The zero-order valence-corrected chi connectivity index (χ0v) is 24.2. The van der Waals surface area contributed by atoms with Gasteiger partial charge in [0.15, 0.2) is 0 Å². The standard InChI is InChI=1S/C33H52O6/c1-3-5-7-17-22-26-32(36)38-28-31(35)29-39-33(37)27-23-19-16-14-12-10-8-9-11-13-15-18-21-25-30(34)24-20-6-4-2/h6,9-12,15-16,18-21,25,30-31,34-35H,3-5,7-8,13-14,17,22-24,26-29H2,1-2H3/b11-9-,12-10-,18-15+,19-16-,20-6-,25-21+/t30?,31-/m0/s1. The van der Waals surface area contributed by atoms with Gasteiger partial charge in [-0.2, -0.15) is 0 Å². The van der Waals surface area contributed by atoms with Crippen molar-refractivity contribution in [1.29, 1.82) is 0 Å². The van der Waals surface area contributed by atoms with E-state index in [0.29, 0.717) is 19.3 Å². The smallest absolute Gasteiger partial charge is 0.306 e. The summed E-state index contributed by atoms with van der Waals surface area (Å²) in [6.45, 7) is 3.89. The lowest BCUT2D eigenvalue weighted by Crippen LogP contribution is -2.25. The van der Waals surface area contributed by atoms with Gasteiger partial charge in [0.05, 0.1) is 6.10 Å². The SMILES string of the molecule is CC/C=C\CC(O)/C=C/C=C/C/C=C\C/C=C\C/C=C\CCC(=O)OC[C@@H](O)COC(=O)CCCCCCC. The molecule has 0 aliphatic heterocycles. The third-order valence-electron chi connectivity index (χ3n) is 5.55. The predicted octanol–water partition coefficient (Wildman–Crippen LogP) is 7.24. The highest BCUT2D eigenvalue weighted by molar-refractivity contribution is 5.70. The topological polar surface area (TPSA) is 93.1 Å². The molecule has 0 heterocycles. The van der Waals surface area contributed by atoms with Gasteiger partial charge in [0.25, 0.3) is 0 Å². The van der Waals surface area contributed by atoms with E-state index in [1.54, 1.807) is 6.08 Å². The molecule has 0 aromatic carbocycles. The molecule has 39 heavy (non-hydrogen) atoms. The van der Waals surface area contributed by atoms with Crippen molar-refractivity contribution in [1.82, 2.24) is 0 Å². The Kier molecular flexibility index (Phi) is 26.4. The quantitative estimate of drug-likeness (QED) is 0.0576. The molecule has 6 heteroatoms. The molecule has 0 amide bonds. The normalized spacial score (nSPS) is 14.1. The molecule has 0 spiro atoms. The van der Waals surface area contributed by atoms with Crippen LogP contribution in [0, 0.1) is 0 Å². The van der Waals surface area contributed by atoms with Crippen molar-refractivity contribution < 1.29 is 29.3 Å². The summed E-state index contributed by atoms with van der Waals surface area (Å²) in [4.78, 5) is 23.4. The van der Waals surface area contributed by atoms with Crippen LogP contribution < -0.4 is 0 Å². The first-order valence-corrected chi connectivity index (χ1v) is 14.6. The van der Waals surface area contributed by atoms with Crippen molar-refractivity contribution in [2.45, 2.75) is 110 Å². The third kappa shape index (κ3) is 28.1. The monoisotopic (exact) mass is 544 g/mol. The lowest BCUT2D eigenvalue weighted by molar-refractivity contribution is -0.152. The highest BCUT2D eigenvalue weighted by atomic mass is 16.6. The van der Waals surface area contributed by atoms with Crippen LogP contribution in [0.2, 0.25) is 0 Å². The van der Waals surface area contributed by atoms with E-state index in [1.807, 2.05) is 36.5 Å². The fourth-order valence-electron chi connectivity index (χ4n) is 3.31. The first-order valence-electron chi connectivity index (χ1n) is 14.6. The van der Waals surface area contributed by atoms with E-state index < -0.39 is 12.2 Å². The van der Waals surface area contributed by atoms with Crippen LogP contribution in [-0.4, -0.2) is 47.6 Å². The molecule has 0 saturated heterocycles. The van der Waals surface area contributed by atoms with Crippen LogP contribution >= 0.6 is 0 Å². The van der Waals surface area contributed by atoms with E-state index in [0.717, 1.165) is 51.4 Å². The molecule has 2 atom stereocenters. The highest BCUT2D eigenvalue weighted by Gasteiger charge is 2.11. The van der Waals surface area contributed by atoms with Gasteiger partial charge in [0.1, 0.15) is 19.3 Å². The molecule has 0 aliphatic carbocycles. The van der Waals surface area contributed by atoms with E-state index in [2.05, 4.69) is 44.2 Å². The molecule has 1 unspecified atom stereocenters. The maximum absolute atomic E-state index is 11.8. The van der Waals surface area contributed by atoms with Crippen LogP contribution in [0.5, 0.6) is 0 Å². The Bertz CT molecular complexity index is 775. The van der Waals surface area contributed by atoms with Crippen molar-refractivity contribution in [2.75, 3.05) is 13.2 Å². The fraction of sp³-hybridized carbons (Fsp3) is 0.576. The summed E-state index contributed by atoms with van der Waals surface area (Å²) >= 11 is 0. The van der Waals surface area contributed by atoms with Crippen molar-refractivity contribution >= 4 is 11.9 Å². The average molecular weight is 545 g/mol. The van der Waals surface area contributed by atoms with Gasteiger partial charge in [-0.15, -0.1) is 0 Å². The third-order valence-corrected chi connectivity index (χ3v) is 5.55. The molecular weight excluding hydrogens is 492 g/mol. The largest absolute Gasteiger partial charge is 0.463 e. The summed E-state index contributed by atoms with van der Waals surface area (Å²) < 4.78 is 10.1. The van der Waals surface area contributed by atoms with Crippen molar-refractivity contribution in [2.24, 2.45) is 0 Å². The zero-order valence-electron chi connectivity index (χ0n) is 24.2. The number of hydrogen-bond acceptors (Lipinski definition) is 6. The molecule has 220 valence electrons. The summed E-state index contributed by atoms with van der Waals surface area (Å²) in [6.07, 6.45) is 33.2. The summed E-state index contributed by atoms with van der Waals surface area (Å²) in [5, 5.41) is 19.6. The van der Waals surface area contributed by atoms with Crippen LogP contribution in [0.15, 0.2) is 72.9 Å². The Morgan fingerprint density at radius 1 is 0.667 bits per heavy atom. The van der Waals surface area contributed by atoms with E-state index >= 15 is 0 Å². The molecule has 0 bridgehead atoms. The molecule has 0 rings (SSSR count). The van der Waals surface area contributed by atoms with Gasteiger partial charge >= 0.3 is 11.9 Å². The molecule has 6 nitrogen and oxygen atoms in total. The summed E-state index contributed by atoms with van der Waals surface area (Å²) in [5.41, 5.74) is 0. The maximum Gasteiger partial charge on any atom is 0.306 e. The Hall–Kier alpha value is -2.70. The number of unbranched alkanes of at least 4 members (excludes halogenated alkanes) is 4. The second-order valence-electron chi connectivity index (χ2n) is 9.34. The Labute approximate surface area is 236 Å². The van der Waals surface area contributed by atoms with Crippen LogP contribution in [0.3, 0.4) is 0 Å². The van der Waals surface area contributed by atoms with Crippen molar-refractivity contribution in [3.63, 3.8) is 0 Å². The molecule has 0 radical (unpaired) electrons. The van der Waals surface area contributed by atoms with Crippen molar-refractivity contribution in [3.05, 3.63) is 72.9 Å². The molecule has 0 aromatic rings. The van der Waals surface area contributed by atoms with Gasteiger partial charge < -0.3 is 19.7 Å². The Morgan fingerprint density at radius 2 is 1.26 bits per heavy atom. The number of allylic oxidation sites excluding steroid dienone is 10. The minimum atomic E-state index is -1.00. The number of esters is 2. The molecule has 0 fully saturated rings. The number of carbonyl (C=O) groups is 2. The lowest BCUT2D eigenvalue weighted by atomic mass is 10.1. The second kappa shape index (κ2) is 28.3. The van der Waals surface area contributed by atoms with Gasteiger partial charge in [-0.1, -0.05) is 112 Å². The van der Waals surface area contributed by atoms with E-state index in [9.17, 15) is 19.8 Å². The fourth-order valence-corrected chi connectivity index (χ4v) is 3.31. The summed E-state index contributed by atoms with van der Waals surface area (Å²) in [5.74, 6) is -0.706. The number of carbonyl (C=O) groups excluding carboxylic acids is 2. The first kappa shape index (κ1) is 36.3. The minimum Gasteiger partial charge on any atom is -0.463 e. The number of aliphatic hydroxyl groups excluding tert-OH is 2. The molecule has 2 N–H and O–H groups in total. The van der Waals surface area contributed by atoms with Gasteiger partial charge in [-0.05, 0) is 44.9 Å². The second-order valence-corrected chi connectivity index (χ2v) is 9.34. The lowest BCUT2D eigenvalue weighted by Gasteiger charge is -2.11.